The molecule has 0 spiro atoms. The molecule has 0 heterocycles. The van der Waals surface area contributed by atoms with Gasteiger partial charge < -0.3 is 5.73 Å². The summed E-state index contributed by atoms with van der Waals surface area (Å²) in [5.74, 6) is 2.94. The largest absolute Gasteiger partial charge is 0.324 e. The lowest BCUT2D eigenvalue weighted by Gasteiger charge is -2.24. The number of halogens is 1. The topological polar surface area (TPSA) is 26.0 Å². The molecular weight excluding hydrogens is 321 g/mol. The van der Waals surface area contributed by atoms with E-state index in [4.69, 9.17) is 5.73 Å². The van der Waals surface area contributed by atoms with Gasteiger partial charge in [-0.15, -0.1) is 0 Å². The summed E-state index contributed by atoms with van der Waals surface area (Å²) in [5, 5.41) is 0. The van der Waals surface area contributed by atoms with Crippen LogP contribution in [-0.2, 0) is 0 Å². The Hall–Kier alpha value is -0.0900. The van der Waals surface area contributed by atoms with Crippen LogP contribution >= 0.6 is 22.6 Å². The first-order chi connectivity index (χ1) is 8.22. The third-order valence-corrected chi connectivity index (χ3v) is 5.46. The van der Waals surface area contributed by atoms with Crippen molar-refractivity contribution in [2.45, 2.75) is 38.1 Å². The van der Waals surface area contributed by atoms with Crippen molar-refractivity contribution < 1.29 is 0 Å². The molecule has 0 aliphatic heterocycles. The molecule has 0 saturated heterocycles. The summed E-state index contributed by atoms with van der Waals surface area (Å²) in [4.78, 5) is 0. The minimum atomic E-state index is 0.247. The fourth-order valence-corrected chi connectivity index (χ4v) is 4.20. The Balaban J connectivity index is 1.63. The summed E-state index contributed by atoms with van der Waals surface area (Å²) >= 11 is 2.34. The van der Waals surface area contributed by atoms with Crippen LogP contribution in [0.5, 0.6) is 0 Å². The Bertz CT molecular complexity index is 386. The van der Waals surface area contributed by atoms with E-state index in [0.29, 0.717) is 0 Å². The van der Waals surface area contributed by atoms with Crippen molar-refractivity contribution in [2.24, 2.45) is 23.5 Å². The number of nitrogens with two attached hydrogens (primary N) is 1. The third-order valence-electron chi connectivity index (χ3n) is 4.74. The van der Waals surface area contributed by atoms with Gasteiger partial charge in [-0.05, 0) is 83.7 Å². The maximum atomic E-state index is 6.35. The van der Waals surface area contributed by atoms with Gasteiger partial charge in [-0.25, -0.2) is 0 Å². The summed E-state index contributed by atoms with van der Waals surface area (Å²) in [6.07, 6.45) is 7.09. The lowest BCUT2D eigenvalue weighted by Crippen LogP contribution is -2.19. The molecule has 2 saturated carbocycles. The quantitative estimate of drug-likeness (QED) is 0.823. The Morgan fingerprint density at radius 3 is 2.53 bits per heavy atom. The van der Waals surface area contributed by atoms with Gasteiger partial charge in [-0.1, -0.05) is 18.6 Å². The second-order valence-electron chi connectivity index (χ2n) is 5.83. The molecular formula is C15H20IN. The number of hydrogen-bond acceptors (Lipinski definition) is 1. The summed E-state index contributed by atoms with van der Waals surface area (Å²) in [6.45, 7) is 0. The maximum Gasteiger partial charge on any atom is 0.0297 e. The zero-order chi connectivity index (χ0) is 11.8. The van der Waals surface area contributed by atoms with Gasteiger partial charge in [-0.3, -0.25) is 0 Å². The van der Waals surface area contributed by atoms with Crippen molar-refractivity contribution in [2.75, 3.05) is 0 Å². The molecule has 3 rings (SSSR count). The van der Waals surface area contributed by atoms with Gasteiger partial charge in [0.25, 0.3) is 0 Å². The van der Waals surface area contributed by atoms with E-state index in [-0.39, 0.29) is 6.04 Å². The Kier molecular flexibility index (Phi) is 3.44. The number of fused-ring (bicyclic) bond motifs is 2. The monoisotopic (exact) mass is 341 g/mol. The van der Waals surface area contributed by atoms with Gasteiger partial charge in [0.1, 0.15) is 0 Å². The number of benzene rings is 1. The van der Waals surface area contributed by atoms with Crippen LogP contribution in [0, 0.1) is 21.3 Å². The molecule has 2 aliphatic carbocycles. The lowest BCUT2D eigenvalue weighted by molar-refractivity contribution is 0.296. The van der Waals surface area contributed by atoms with Crippen molar-refractivity contribution in [3.8, 4) is 0 Å². The van der Waals surface area contributed by atoms with Crippen molar-refractivity contribution in [1.82, 2.24) is 0 Å². The highest BCUT2D eigenvalue weighted by Crippen LogP contribution is 2.50. The van der Waals surface area contributed by atoms with Crippen molar-refractivity contribution in [1.29, 1.82) is 0 Å². The van der Waals surface area contributed by atoms with Crippen LogP contribution in [0.1, 0.15) is 43.7 Å². The van der Waals surface area contributed by atoms with Crippen LogP contribution in [0.4, 0.5) is 0 Å². The summed E-state index contributed by atoms with van der Waals surface area (Å²) in [7, 11) is 0. The van der Waals surface area contributed by atoms with Crippen LogP contribution in [0.25, 0.3) is 0 Å². The van der Waals surface area contributed by atoms with Gasteiger partial charge in [0.2, 0.25) is 0 Å². The molecule has 0 radical (unpaired) electrons. The summed E-state index contributed by atoms with van der Waals surface area (Å²) in [6, 6.07) is 8.96. The van der Waals surface area contributed by atoms with E-state index in [9.17, 15) is 0 Å². The standard InChI is InChI=1S/C15H20IN/c16-14-5-3-11(4-6-14)15(17)9-13-8-10-1-2-12(13)7-10/h3-6,10,12-13,15H,1-2,7-9,17H2. The van der Waals surface area contributed by atoms with Gasteiger partial charge in [0.15, 0.2) is 0 Å². The van der Waals surface area contributed by atoms with Crippen molar-refractivity contribution in [3.05, 3.63) is 33.4 Å². The molecule has 4 atom stereocenters. The lowest BCUT2D eigenvalue weighted by atomic mass is 9.83. The Morgan fingerprint density at radius 1 is 1.18 bits per heavy atom. The molecule has 0 aromatic heterocycles. The van der Waals surface area contributed by atoms with Crippen molar-refractivity contribution >= 4 is 22.6 Å². The maximum absolute atomic E-state index is 6.35. The molecule has 1 nitrogen and oxygen atoms in total. The molecule has 17 heavy (non-hydrogen) atoms. The predicted molar refractivity (Wildman–Crippen MR) is 79.6 cm³/mol. The first-order valence-corrected chi connectivity index (χ1v) is 7.81. The normalized spacial score (nSPS) is 32.9. The first kappa shape index (κ1) is 12.0. The summed E-state index contributed by atoms with van der Waals surface area (Å²) in [5.41, 5.74) is 7.67. The Labute approximate surface area is 117 Å². The Morgan fingerprint density at radius 2 is 1.94 bits per heavy atom. The highest BCUT2D eigenvalue weighted by atomic mass is 127. The molecule has 1 aromatic carbocycles. The van der Waals surface area contributed by atoms with Crippen LogP contribution in [0.3, 0.4) is 0 Å². The van der Waals surface area contributed by atoms with Crippen molar-refractivity contribution in [3.63, 3.8) is 0 Å². The van der Waals surface area contributed by atoms with Crippen LogP contribution in [0.2, 0.25) is 0 Å². The zero-order valence-electron chi connectivity index (χ0n) is 10.1. The van der Waals surface area contributed by atoms with E-state index < -0.39 is 0 Å². The molecule has 2 aliphatic rings. The van der Waals surface area contributed by atoms with E-state index in [2.05, 4.69) is 46.9 Å². The fraction of sp³-hybridized carbons (Fsp3) is 0.600. The SMILES string of the molecule is NC(CC1CC2CCC1C2)c1ccc(I)cc1. The molecule has 2 heteroatoms. The molecule has 2 bridgehead atoms. The van der Waals surface area contributed by atoms with Crippen LogP contribution < -0.4 is 5.73 Å². The highest BCUT2D eigenvalue weighted by Gasteiger charge is 2.39. The minimum absolute atomic E-state index is 0.247. The smallest absolute Gasteiger partial charge is 0.0297 e. The first-order valence-electron chi connectivity index (χ1n) is 6.73. The van der Waals surface area contributed by atoms with Crippen LogP contribution in [-0.4, -0.2) is 0 Å². The molecule has 4 unspecified atom stereocenters. The van der Waals surface area contributed by atoms with E-state index in [0.717, 1.165) is 17.8 Å². The predicted octanol–water partition coefficient (Wildman–Crippen LogP) is 4.12. The minimum Gasteiger partial charge on any atom is -0.324 e. The van der Waals surface area contributed by atoms with Gasteiger partial charge in [0.05, 0.1) is 0 Å². The molecule has 92 valence electrons. The summed E-state index contributed by atoms with van der Waals surface area (Å²) < 4.78 is 1.29. The highest BCUT2D eigenvalue weighted by molar-refractivity contribution is 14.1. The van der Waals surface area contributed by atoms with E-state index >= 15 is 0 Å². The average Bonchev–Trinajstić information content (AvgIpc) is 2.91. The number of hydrogen-bond donors (Lipinski definition) is 1. The second-order valence-corrected chi connectivity index (χ2v) is 7.07. The molecule has 2 N–H and O–H groups in total. The van der Waals surface area contributed by atoms with Gasteiger partial charge in [-0.2, -0.15) is 0 Å². The fourth-order valence-electron chi connectivity index (χ4n) is 3.84. The van der Waals surface area contributed by atoms with Crippen LogP contribution in [0.15, 0.2) is 24.3 Å². The van der Waals surface area contributed by atoms with Gasteiger partial charge in [0, 0.05) is 9.61 Å². The average molecular weight is 341 g/mol. The van der Waals surface area contributed by atoms with E-state index in [1.54, 1.807) is 0 Å². The zero-order valence-corrected chi connectivity index (χ0v) is 12.3. The molecule has 2 fully saturated rings. The molecule has 1 aromatic rings. The third kappa shape index (κ3) is 2.53. The van der Waals surface area contributed by atoms with E-state index in [1.165, 1.54) is 41.2 Å². The van der Waals surface area contributed by atoms with E-state index in [1.807, 2.05) is 0 Å². The molecule has 0 amide bonds. The van der Waals surface area contributed by atoms with Gasteiger partial charge >= 0.3 is 0 Å². The second kappa shape index (κ2) is 4.88. The number of rotatable bonds is 3.